The molecule has 0 spiro atoms. The zero-order valence-electron chi connectivity index (χ0n) is 13.9. The third-order valence-corrected chi connectivity index (χ3v) is 4.75. The monoisotopic (exact) mass is 332 g/mol. The molecule has 0 aliphatic carbocycles. The van der Waals surface area contributed by atoms with Crippen LogP contribution in [0.25, 0.3) is 0 Å². The number of aryl methyl sites for hydroxylation is 1. The van der Waals surface area contributed by atoms with Crippen LogP contribution in [0.5, 0.6) is 0 Å². The molecule has 5 nitrogen and oxygen atoms in total. The van der Waals surface area contributed by atoms with Crippen LogP contribution in [0.2, 0.25) is 0 Å². The normalized spacial score (nSPS) is 11.8. The number of carbonyl (C=O) groups is 1. The molecule has 0 aromatic carbocycles. The second-order valence-electron chi connectivity index (χ2n) is 5.54. The number of carbonyl (C=O) groups excluding carboxylic acids is 1. The van der Waals surface area contributed by atoms with E-state index >= 15 is 0 Å². The summed E-state index contributed by atoms with van der Waals surface area (Å²) in [5.74, 6) is 0.866. The first-order chi connectivity index (χ1) is 11.1. The van der Waals surface area contributed by atoms with Crippen LogP contribution in [0.1, 0.15) is 29.8 Å². The van der Waals surface area contributed by atoms with Gasteiger partial charge in [-0.25, -0.2) is 9.78 Å². The molecule has 2 rings (SSSR count). The number of hydrogen-bond donors (Lipinski definition) is 2. The van der Waals surface area contributed by atoms with Gasteiger partial charge in [0.2, 0.25) is 0 Å². The topological polar surface area (TPSA) is 57.3 Å². The van der Waals surface area contributed by atoms with Gasteiger partial charge in [0.05, 0.1) is 6.04 Å². The lowest BCUT2D eigenvalue weighted by atomic mass is 10.2. The highest BCUT2D eigenvalue weighted by Gasteiger charge is 2.17. The van der Waals surface area contributed by atoms with E-state index < -0.39 is 0 Å². The molecule has 6 heteroatoms. The Balaban J connectivity index is 1.65. The van der Waals surface area contributed by atoms with Gasteiger partial charge in [-0.15, -0.1) is 11.3 Å². The van der Waals surface area contributed by atoms with Crippen LogP contribution in [0.15, 0.2) is 35.8 Å². The highest BCUT2D eigenvalue weighted by atomic mass is 32.1. The van der Waals surface area contributed by atoms with E-state index in [2.05, 4.69) is 21.7 Å². The molecule has 0 fully saturated rings. The van der Waals surface area contributed by atoms with Crippen LogP contribution >= 0.6 is 11.3 Å². The maximum Gasteiger partial charge on any atom is 0.317 e. The second-order valence-corrected chi connectivity index (χ2v) is 6.51. The number of aromatic nitrogens is 1. The Morgan fingerprint density at radius 1 is 1.35 bits per heavy atom. The molecule has 2 heterocycles. The number of hydrogen-bond acceptors (Lipinski definition) is 4. The third-order valence-electron chi connectivity index (χ3n) is 3.70. The summed E-state index contributed by atoms with van der Waals surface area (Å²) in [6.07, 6.45) is 2.69. The SMILES string of the molecule is Cc1ccc(NCCCNC(=O)N(C)[C@@H](C)c2cccs2)nc1. The van der Waals surface area contributed by atoms with Crippen LogP contribution in [0.3, 0.4) is 0 Å². The molecular formula is C17H24N4OS. The van der Waals surface area contributed by atoms with Gasteiger partial charge in [0.1, 0.15) is 5.82 Å². The molecule has 0 bridgehead atoms. The molecule has 0 saturated heterocycles. The van der Waals surface area contributed by atoms with Gasteiger partial charge in [0.15, 0.2) is 0 Å². The van der Waals surface area contributed by atoms with Gasteiger partial charge < -0.3 is 15.5 Å². The first-order valence-electron chi connectivity index (χ1n) is 7.78. The molecule has 124 valence electrons. The Morgan fingerprint density at radius 3 is 2.83 bits per heavy atom. The number of pyridine rings is 1. The van der Waals surface area contributed by atoms with Crippen molar-refractivity contribution in [2.45, 2.75) is 26.3 Å². The summed E-state index contributed by atoms with van der Waals surface area (Å²) >= 11 is 1.67. The van der Waals surface area contributed by atoms with Gasteiger partial charge in [0, 0.05) is 31.2 Å². The second kappa shape index (κ2) is 8.53. The lowest BCUT2D eigenvalue weighted by Crippen LogP contribution is -2.39. The Bertz CT molecular complexity index is 598. The summed E-state index contributed by atoms with van der Waals surface area (Å²) in [5, 5.41) is 8.23. The Morgan fingerprint density at radius 2 is 2.17 bits per heavy atom. The van der Waals surface area contributed by atoms with E-state index in [0.717, 1.165) is 24.3 Å². The fraction of sp³-hybridized carbons (Fsp3) is 0.412. The average Bonchev–Trinajstić information content (AvgIpc) is 3.09. The van der Waals surface area contributed by atoms with Crippen molar-refractivity contribution in [1.82, 2.24) is 15.2 Å². The summed E-state index contributed by atoms with van der Waals surface area (Å²) in [6.45, 7) is 5.47. The van der Waals surface area contributed by atoms with E-state index in [4.69, 9.17) is 0 Å². The van der Waals surface area contributed by atoms with Crippen molar-refractivity contribution in [2.24, 2.45) is 0 Å². The lowest BCUT2D eigenvalue weighted by Gasteiger charge is -2.24. The number of nitrogens with one attached hydrogen (secondary N) is 2. The number of urea groups is 1. The highest BCUT2D eigenvalue weighted by molar-refractivity contribution is 7.10. The van der Waals surface area contributed by atoms with Crippen molar-refractivity contribution < 1.29 is 4.79 Å². The molecular weight excluding hydrogens is 308 g/mol. The van der Waals surface area contributed by atoms with E-state index in [-0.39, 0.29) is 12.1 Å². The minimum atomic E-state index is -0.0423. The van der Waals surface area contributed by atoms with E-state index in [9.17, 15) is 4.79 Å². The van der Waals surface area contributed by atoms with Gasteiger partial charge in [-0.05, 0) is 43.3 Å². The summed E-state index contributed by atoms with van der Waals surface area (Å²) < 4.78 is 0. The van der Waals surface area contributed by atoms with Gasteiger partial charge in [-0.2, -0.15) is 0 Å². The van der Waals surface area contributed by atoms with Gasteiger partial charge in [-0.3, -0.25) is 0 Å². The number of anilines is 1. The zero-order valence-corrected chi connectivity index (χ0v) is 14.7. The Hall–Kier alpha value is -2.08. The average molecular weight is 332 g/mol. The van der Waals surface area contributed by atoms with Crippen molar-refractivity contribution >= 4 is 23.2 Å². The van der Waals surface area contributed by atoms with E-state index in [1.54, 1.807) is 16.2 Å². The smallest absolute Gasteiger partial charge is 0.317 e. The number of thiophene rings is 1. The van der Waals surface area contributed by atoms with Crippen LogP contribution in [-0.4, -0.2) is 36.1 Å². The minimum absolute atomic E-state index is 0.0423. The fourth-order valence-electron chi connectivity index (χ4n) is 2.09. The highest BCUT2D eigenvalue weighted by Crippen LogP contribution is 2.23. The van der Waals surface area contributed by atoms with Gasteiger partial charge in [-0.1, -0.05) is 12.1 Å². The molecule has 0 saturated carbocycles. The largest absolute Gasteiger partial charge is 0.370 e. The maximum atomic E-state index is 12.1. The van der Waals surface area contributed by atoms with Gasteiger partial charge in [0.25, 0.3) is 0 Å². The van der Waals surface area contributed by atoms with Crippen LogP contribution in [0, 0.1) is 6.92 Å². The zero-order chi connectivity index (χ0) is 16.7. The first-order valence-corrected chi connectivity index (χ1v) is 8.66. The number of rotatable bonds is 7. The quantitative estimate of drug-likeness (QED) is 0.761. The molecule has 2 aromatic rings. The van der Waals surface area contributed by atoms with Crippen molar-refractivity contribution in [3.63, 3.8) is 0 Å². The first kappa shape index (κ1) is 17.3. The molecule has 2 N–H and O–H groups in total. The van der Waals surface area contributed by atoms with E-state index in [0.29, 0.717) is 6.54 Å². The van der Waals surface area contributed by atoms with Crippen molar-refractivity contribution in [3.8, 4) is 0 Å². The molecule has 0 unspecified atom stereocenters. The summed E-state index contributed by atoms with van der Waals surface area (Å²) in [6, 6.07) is 8.09. The molecule has 0 aliphatic rings. The molecule has 23 heavy (non-hydrogen) atoms. The van der Waals surface area contributed by atoms with Crippen LogP contribution in [0.4, 0.5) is 10.6 Å². The summed E-state index contributed by atoms with van der Waals surface area (Å²) in [7, 11) is 1.83. The van der Waals surface area contributed by atoms with Crippen LogP contribution < -0.4 is 10.6 Å². The van der Waals surface area contributed by atoms with Crippen molar-refractivity contribution in [2.75, 3.05) is 25.5 Å². The Kier molecular flexibility index (Phi) is 6.40. The Labute approximate surface area is 141 Å². The van der Waals surface area contributed by atoms with Crippen molar-refractivity contribution in [3.05, 3.63) is 46.3 Å². The number of amides is 2. The molecule has 2 aromatic heterocycles. The minimum Gasteiger partial charge on any atom is -0.370 e. The standard InChI is InChI=1S/C17H24N4OS/c1-13-7-8-16(20-12-13)18-9-5-10-19-17(22)21(3)14(2)15-6-4-11-23-15/h4,6-8,11-12,14H,5,9-10H2,1-3H3,(H,18,20)(H,19,22)/t14-/m0/s1. The van der Waals surface area contributed by atoms with Crippen molar-refractivity contribution in [1.29, 1.82) is 0 Å². The lowest BCUT2D eigenvalue weighted by molar-refractivity contribution is 0.195. The fourth-order valence-corrected chi connectivity index (χ4v) is 2.92. The summed E-state index contributed by atoms with van der Waals surface area (Å²) in [4.78, 5) is 19.3. The predicted molar refractivity (Wildman–Crippen MR) is 96.0 cm³/mol. The van der Waals surface area contributed by atoms with E-state index in [1.165, 1.54) is 4.88 Å². The molecule has 0 aliphatic heterocycles. The number of nitrogens with zero attached hydrogens (tertiary/aromatic N) is 2. The summed E-state index contributed by atoms with van der Waals surface area (Å²) in [5.41, 5.74) is 1.14. The predicted octanol–water partition coefficient (Wildman–Crippen LogP) is 3.66. The third kappa shape index (κ3) is 5.25. The van der Waals surface area contributed by atoms with Gasteiger partial charge >= 0.3 is 6.03 Å². The molecule has 1 atom stereocenters. The maximum absolute atomic E-state index is 12.1. The van der Waals surface area contributed by atoms with Crippen LogP contribution in [-0.2, 0) is 0 Å². The molecule has 0 radical (unpaired) electrons. The van der Waals surface area contributed by atoms with E-state index in [1.807, 2.05) is 50.7 Å². The molecule has 2 amide bonds.